The number of alkyl halides is 1. The molecule has 0 amide bonds. The predicted octanol–water partition coefficient (Wildman–Crippen LogP) is 4.57. The van der Waals surface area contributed by atoms with Gasteiger partial charge in [0.1, 0.15) is 11.5 Å². The maximum absolute atomic E-state index is 11.8. The number of benzene rings is 1. The summed E-state index contributed by atoms with van der Waals surface area (Å²) < 4.78 is 10.8. The van der Waals surface area contributed by atoms with Crippen molar-refractivity contribution < 1.29 is 13.9 Å². The Bertz CT molecular complexity index is 604. The Morgan fingerprint density at radius 2 is 2.11 bits per heavy atom. The van der Waals surface area contributed by atoms with Crippen molar-refractivity contribution in [3.8, 4) is 17.1 Å². The van der Waals surface area contributed by atoms with Gasteiger partial charge in [-0.3, -0.25) is 4.79 Å². The van der Waals surface area contributed by atoms with E-state index in [4.69, 9.17) is 20.8 Å². The number of carbonyl (C=O) groups excluding carboxylic acids is 1. The van der Waals surface area contributed by atoms with Gasteiger partial charge in [0.2, 0.25) is 5.78 Å². The third-order valence-corrected chi connectivity index (χ3v) is 3.29. The Balaban J connectivity index is 2.43. The third kappa shape index (κ3) is 3.01. The summed E-state index contributed by atoms with van der Waals surface area (Å²) in [5, 5.41) is 0.578. The van der Waals surface area contributed by atoms with Crippen LogP contribution in [0.5, 0.6) is 5.75 Å². The second kappa shape index (κ2) is 5.80. The van der Waals surface area contributed by atoms with Gasteiger partial charge in [0, 0.05) is 5.02 Å². The van der Waals surface area contributed by atoms with Crippen molar-refractivity contribution in [2.45, 2.75) is 11.8 Å². The first-order valence-corrected chi connectivity index (χ1v) is 6.94. The van der Waals surface area contributed by atoms with Gasteiger partial charge in [-0.2, -0.15) is 0 Å². The average Bonchev–Trinajstić information content (AvgIpc) is 2.87. The van der Waals surface area contributed by atoms with E-state index in [1.165, 1.54) is 0 Å². The second-order valence-electron chi connectivity index (χ2n) is 3.99. The molecule has 0 spiro atoms. The van der Waals surface area contributed by atoms with Crippen molar-refractivity contribution in [1.29, 1.82) is 0 Å². The smallest absolute Gasteiger partial charge is 0.211 e. The summed E-state index contributed by atoms with van der Waals surface area (Å²) in [4.78, 5) is 11.5. The number of furan rings is 1. The molecule has 1 heterocycles. The van der Waals surface area contributed by atoms with Crippen molar-refractivity contribution in [1.82, 2.24) is 0 Å². The molecule has 3 nitrogen and oxygen atoms in total. The molecule has 1 aromatic heterocycles. The van der Waals surface area contributed by atoms with Crippen LogP contribution < -0.4 is 4.74 Å². The summed E-state index contributed by atoms with van der Waals surface area (Å²) in [5.74, 6) is 1.40. The fraction of sp³-hybridized carbons (Fsp3) is 0.214. The van der Waals surface area contributed by atoms with E-state index in [1.807, 2.05) is 0 Å². The molecule has 0 aliphatic carbocycles. The number of hydrogen-bond donors (Lipinski definition) is 0. The van der Waals surface area contributed by atoms with Crippen LogP contribution in [0.25, 0.3) is 11.3 Å². The lowest BCUT2D eigenvalue weighted by molar-refractivity contribution is 0.0970. The molecule has 5 heteroatoms. The number of carbonyl (C=O) groups is 1. The van der Waals surface area contributed by atoms with Crippen LogP contribution in [0.2, 0.25) is 5.02 Å². The minimum Gasteiger partial charge on any atom is -0.496 e. The fourth-order valence-corrected chi connectivity index (χ4v) is 2.08. The van der Waals surface area contributed by atoms with Gasteiger partial charge < -0.3 is 9.15 Å². The molecule has 0 saturated heterocycles. The molecule has 1 aromatic carbocycles. The highest BCUT2D eigenvalue weighted by Gasteiger charge is 2.18. The molecule has 1 unspecified atom stereocenters. The minimum atomic E-state index is -0.284. The number of ketones is 1. The van der Waals surface area contributed by atoms with Crippen LogP contribution in [0, 0.1) is 0 Å². The van der Waals surface area contributed by atoms with Crippen LogP contribution in [-0.2, 0) is 0 Å². The lowest BCUT2D eigenvalue weighted by atomic mass is 10.1. The number of ether oxygens (including phenoxy) is 1. The Labute approximate surface area is 124 Å². The SMILES string of the molecule is COc1ccc(Cl)cc1-c1ccc(C(=O)C(C)Br)o1. The first-order chi connectivity index (χ1) is 9.02. The zero-order valence-electron chi connectivity index (χ0n) is 10.4. The first kappa shape index (κ1) is 14.2. The molecular weight excluding hydrogens is 332 g/mol. The van der Waals surface area contributed by atoms with Crippen molar-refractivity contribution in [3.63, 3.8) is 0 Å². The number of rotatable bonds is 4. The van der Waals surface area contributed by atoms with Crippen LogP contribution in [0.15, 0.2) is 34.7 Å². The van der Waals surface area contributed by atoms with Crippen LogP contribution >= 0.6 is 27.5 Å². The van der Waals surface area contributed by atoms with Crippen molar-refractivity contribution >= 4 is 33.3 Å². The highest BCUT2D eigenvalue weighted by Crippen LogP contribution is 2.33. The molecule has 100 valence electrons. The molecule has 2 rings (SSSR count). The van der Waals surface area contributed by atoms with Crippen molar-refractivity contribution in [2.75, 3.05) is 7.11 Å². The van der Waals surface area contributed by atoms with Crippen molar-refractivity contribution in [3.05, 3.63) is 41.1 Å². The van der Waals surface area contributed by atoms with E-state index in [2.05, 4.69) is 15.9 Å². The van der Waals surface area contributed by atoms with Crippen molar-refractivity contribution in [2.24, 2.45) is 0 Å². The number of hydrogen-bond acceptors (Lipinski definition) is 3. The molecule has 0 aliphatic rings. The van der Waals surface area contributed by atoms with E-state index in [0.29, 0.717) is 22.3 Å². The Morgan fingerprint density at radius 3 is 2.74 bits per heavy atom. The van der Waals surface area contributed by atoms with Gasteiger partial charge >= 0.3 is 0 Å². The summed E-state index contributed by atoms with van der Waals surface area (Å²) in [6.07, 6.45) is 0. The summed E-state index contributed by atoms with van der Waals surface area (Å²) in [7, 11) is 1.57. The molecule has 0 saturated carbocycles. The molecule has 1 atom stereocenters. The average molecular weight is 344 g/mol. The van der Waals surface area contributed by atoms with E-state index in [9.17, 15) is 4.79 Å². The molecule has 19 heavy (non-hydrogen) atoms. The summed E-state index contributed by atoms with van der Waals surface area (Å²) in [6.45, 7) is 1.75. The standard InChI is InChI=1S/C14H12BrClO3/c1-8(15)14(17)13-6-5-12(19-13)10-7-9(16)3-4-11(10)18-2/h3-8H,1-2H3. The van der Waals surface area contributed by atoms with E-state index < -0.39 is 0 Å². The predicted molar refractivity (Wildman–Crippen MR) is 78.4 cm³/mol. The third-order valence-electron chi connectivity index (χ3n) is 2.64. The van der Waals surface area contributed by atoms with Gasteiger partial charge in [0.05, 0.1) is 17.5 Å². The van der Waals surface area contributed by atoms with Crippen LogP contribution in [0.4, 0.5) is 0 Å². The molecule has 2 aromatic rings. The highest BCUT2D eigenvalue weighted by molar-refractivity contribution is 9.10. The maximum Gasteiger partial charge on any atom is 0.211 e. The first-order valence-electron chi connectivity index (χ1n) is 5.65. The fourth-order valence-electron chi connectivity index (χ4n) is 1.68. The summed E-state index contributed by atoms with van der Waals surface area (Å²) in [5.41, 5.74) is 0.719. The summed E-state index contributed by atoms with van der Waals surface area (Å²) >= 11 is 9.20. The van der Waals surface area contributed by atoms with E-state index in [0.717, 1.165) is 5.56 Å². The zero-order valence-corrected chi connectivity index (χ0v) is 12.8. The van der Waals surface area contributed by atoms with E-state index in [-0.39, 0.29) is 10.6 Å². The van der Waals surface area contributed by atoms with Gasteiger partial charge in [0.25, 0.3) is 0 Å². The maximum atomic E-state index is 11.8. The van der Waals surface area contributed by atoms with Crippen LogP contribution in [-0.4, -0.2) is 17.7 Å². The number of methoxy groups -OCH3 is 1. The zero-order chi connectivity index (χ0) is 14.0. The molecule has 0 aliphatic heterocycles. The second-order valence-corrected chi connectivity index (χ2v) is 5.80. The quantitative estimate of drug-likeness (QED) is 0.603. The normalized spacial score (nSPS) is 12.2. The highest BCUT2D eigenvalue weighted by atomic mass is 79.9. The van der Waals surface area contributed by atoms with Gasteiger partial charge in [-0.25, -0.2) is 0 Å². The largest absolute Gasteiger partial charge is 0.496 e. The van der Waals surface area contributed by atoms with E-state index in [1.54, 1.807) is 44.4 Å². The van der Waals surface area contributed by atoms with E-state index >= 15 is 0 Å². The molecule has 0 bridgehead atoms. The molecular formula is C14H12BrClO3. The van der Waals surface area contributed by atoms with Crippen LogP contribution in [0.1, 0.15) is 17.5 Å². The molecule has 0 N–H and O–H groups in total. The van der Waals surface area contributed by atoms with Gasteiger partial charge in [-0.15, -0.1) is 0 Å². The number of halogens is 2. The lowest BCUT2D eigenvalue weighted by Crippen LogP contribution is -2.08. The minimum absolute atomic E-state index is 0.104. The number of Topliss-reactive ketones (excluding diaryl/α,β-unsaturated/α-hetero) is 1. The van der Waals surface area contributed by atoms with Gasteiger partial charge in [-0.1, -0.05) is 27.5 Å². The van der Waals surface area contributed by atoms with Gasteiger partial charge in [0.15, 0.2) is 5.76 Å². The molecule has 0 radical (unpaired) electrons. The van der Waals surface area contributed by atoms with Gasteiger partial charge in [-0.05, 0) is 37.3 Å². The topological polar surface area (TPSA) is 39.4 Å². The Morgan fingerprint density at radius 1 is 1.37 bits per heavy atom. The van der Waals surface area contributed by atoms with Crippen LogP contribution in [0.3, 0.4) is 0 Å². The Hall–Kier alpha value is -1.26. The molecule has 0 fully saturated rings. The summed E-state index contributed by atoms with van der Waals surface area (Å²) in [6, 6.07) is 8.62. The Kier molecular flexibility index (Phi) is 4.32. The monoisotopic (exact) mass is 342 g/mol. The lowest BCUT2D eigenvalue weighted by Gasteiger charge is -2.06.